The van der Waals surface area contributed by atoms with E-state index in [4.69, 9.17) is 0 Å². The normalized spacial score (nSPS) is 10.6. The summed E-state index contributed by atoms with van der Waals surface area (Å²) >= 11 is 0. The molecule has 0 bridgehead atoms. The number of hydrogen-bond donors (Lipinski definition) is 1. The monoisotopic (exact) mass is 325 g/mol. The Morgan fingerprint density at radius 2 is 2.08 bits per heavy atom. The second kappa shape index (κ2) is 6.57. The lowest BCUT2D eigenvalue weighted by atomic mass is 10.0. The second-order valence-corrected chi connectivity index (χ2v) is 5.28. The van der Waals surface area contributed by atoms with Gasteiger partial charge < -0.3 is 5.32 Å². The molecule has 0 aromatic carbocycles. The highest BCUT2D eigenvalue weighted by Gasteiger charge is 2.13. The van der Waals surface area contributed by atoms with Crippen molar-refractivity contribution in [2.75, 3.05) is 5.32 Å². The van der Waals surface area contributed by atoms with E-state index in [9.17, 15) is 9.18 Å². The molecule has 0 saturated carbocycles. The largest absolute Gasteiger partial charge is 0.305 e. The van der Waals surface area contributed by atoms with Gasteiger partial charge in [-0.05, 0) is 43.2 Å². The number of nitrogens with zero attached hydrogens (tertiary/aromatic N) is 4. The standard InChI is InChI=1S/C17H16FN5O/c1-3-23-10-12(8-21-23)14-6-15(19-7-11(14)2)17(24)22-16-5-4-13(18)9-20-16/h4-10H,3H2,1-2H3,(H,20,22,24). The summed E-state index contributed by atoms with van der Waals surface area (Å²) in [5.41, 5.74) is 3.01. The minimum atomic E-state index is -0.461. The third kappa shape index (κ3) is 3.29. The van der Waals surface area contributed by atoms with Crippen LogP contribution in [-0.2, 0) is 6.54 Å². The number of aryl methyl sites for hydroxylation is 2. The van der Waals surface area contributed by atoms with Gasteiger partial charge in [0.25, 0.3) is 5.91 Å². The quantitative estimate of drug-likeness (QED) is 0.800. The molecule has 0 spiro atoms. The number of anilines is 1. The Kier molecular flexibility index (Phi) is 4.33. The van der Waals surface area contributed by atoms with E-state index in [1.165, 1.54) is 12.1 Å². The highest BCUT2D eigenvalue weighted by Crippen LogP contribution is 2.23. The average Bonchev–Trinajstić information content (AvgIpc) is 3.06. The summed E-state index contributed by atoms with van der Waals surface area (Å²) in [6, 6.07) is 4.34. The van der Waals surface area contributed by atoms with Gasteiger partial charge in [-0.3, -0.25) is 14.5 Å². The molecule has 7 heteroatoms. The molecule has 0 fully saturated rings. The van der Waals surface area contributed by atoms with Crippen molar-refractivity contribution in [3.05, 3.63) is 60.1 Å². The van der Waals surface area contributed by atoms with Gasteiger partial charge in [0.1, 0.15) is 17.3 Å². The molecule has 6 nitrogen and oxygen atoms in total. The van der Waals surface area contributed by atoms with Crippen LogP contribution in [0.25, 0.3) is 11.1 Å². The lowest BCUT2D eigenvalue weighted by Gasteiger charge is -2.07. The molecule has 1 N–H and O–H groups in total. The summed E-state index contributed by atoms with van der Waals surface area (Å²) in [6.45, 7) is 4.70. The van der Waals surface area contributed by atoms with Gasteiger partial charge in [0.05, 0.1) is 12.4 Å². The number of carbonyl (C=O) groups excluding carboxylic acids is 1. The zero-order valence-electron chi connectivity index (χ0n) is 13.3. The third-order valence-electron chi connectivity index (χ3n) is 3.57. The van der Waals surface area contributed by atoms with Gasteiger partial charge >= 0.3 is 0 Å². The highest BCUT2D eigenvalue weighted by molar-refractivity contribution is 6.03. The van der Waals surface area contributed by atoms with Gasteiger partial charge in [0.2, 0.25) is 0 Å². The van der Waals surface area contributed by atoms with Crippen LogP contribution in [0, 0.1) is 12.7 Å². The fourth-order valence-electron chi connectivity index (χ4n) is 2.26. The van der Waals surface area contributed by atoms with Crippen LogP contribution in [0.15, 0.2) is 43.0 Å². The molecule has 3 rings (SSSR count). The second-order valence-electron chi connectivity index (χ2n) is 5.28. The van der Waals surface area contributed by atoms with E-state index in [-0.39, 0.29) is 11.5 Å². The van der Waals surface area contributed by atoms with Crippen LogP contribution in [0.1, 0.15) is 23.0 Å². The first-order valence-corrected chi connectivity index (χ1v) is 7.49. The van der Waals surface area contributed by atoms with E-state index >= 15 is 0 Å². The Morgan fingerprint density at radius 1 is 1.25 bits per heavy atom. The van der Waals surface area contributed by atoms with E-state index < -0.39 is 11.7 Å². The molecular formula is C17H16FN5O. The smallest absolute Gasteiger partial charge is 0.275 e. The first kappa shape index (κ1) is 15.8. The molecule has 0 atom stereocenters. The number of amides is 1. The molecule has 122 valence electrons. The van der Waals surface area contributed by atoms with Crippen molar-refractivity contribution >= 4 is 11.7 Å². The molecule has 0 aliphatic carbocycles. The van der Waals surface area contributed by atoms with Gasteiger partial charge in [-0.25, -0.2) is 9.37 Å². The topological polar surface area (TPSA) is 72.7 Å². The number of nitrogens with one attached hydrogen (secondary N) is 1. The lowest BCUT2D eigenvalue weighted by molar-refractivity contribution is 0.102. The van der Waals surface area contributed by atoms with E-state index in [1.807, 2.05) is 24.7 Å². The van der Waals surface area contributed by atoms with Crippen molar-refractivity contribution in [3.8, 4) is 11.1 Å². The van der Waals surface area contributed by atoms with Crippen molar-refractivity contribution in [3.63, 3.8) is 0 Å². The van der Waals surface area contributed by atoms with Crippen LogP contribution in [-0.4, -0.2) is 25.7 Å². The summed E-state index contributed by atoms with van der Waals surface area (Å²) in [4.78, 5) is 20.3. The Morgan fingerprint density at radius 3 is 2.75 bits per heavy atom. The first-order chi connectivity index (χ1) is 11.6. The summed E-state index contributed by atoms with van der Waals surface area (Å²) in [5, 5.41) is 6.85. The van der Waals surface area contributed by atoms with Crippen molar-refractivity contribution in [2.45, 2.75) is 20.4 Å². The van der Waals surface area contributed by atoms with Crippen molar-refractivity contribution in [2.24, 2.45) is 0 Å². The van der Waals surface area contributed by atoms with Crippen LogP contribution in [0.3, 0.4) is 0 Å². The molecule has 0 saturated heterocycles. The van der Waals surface area contributed by atoms with E-state index in [0.29, 0.717) is 0 Å². The van der Waals surface area contributed by atoms with Crippen LogP contribution in [0.5, 0.6) is 0 Å². The predicted molar refractivity (Wildman–Crippen MR) is 88.0 cm³/mol. The van der Waals surface area contributed by atoms with E-state index in [2.05, 4.69) is 20.4 Å². The summed E-state index contributed by atoms with van der Waals surface area (Å²) in [7, 11) is 0. The molecule has 0 unspecified atom stereocenters. The molecular weight excluding hydrogens is 309 g/mol. The van der Waals surface area contributed by atoms with Crippen molar-refractivity contribution in [1.82, 2.24) is 19.7 Å². The summed E-state index contributed by atoms with van der Waals surface area (Å²) < 4.78 is 14.7. The number of pyridine rings is 2. The molecule has 0 radical (unpaired) electrons. The molecule has 24 heavy (non-hydrogen) atoms. The van der Waals surface area contributed by atoms with Crippen molar-refractivity contribution in [1.29, 1.82) is 0 Å². The summed E-state index contributed by atoms with van der Waals surface area (Å²) in [5.74, 6) is -0.598. The maximum Gasteiger partial charge on any atom is 0.275 e. The Bertz CT molecular complexity index is 873. The van der Waals surface area contributed by atoms with Crippen LogP contribution in [0.2, 0.25) is 0 Å². The molecule has 1 amide bonds. The number of rotatable bonds is 4. The van der Waals surface area contributed by atoms with Crippen LogP contribution in [0.4, 0.5) is 10.2 Å². The molecule has 3 aromatic heterocycles. The number of carbonyl (C=O) groups is 1. The van der Waals surface area contributed by atoms with Gasteiger partial charge in [-0.1, -0.05) is 0 Å². The molecule has 3 aromatic rings. The average molecular weight is 325 g/mol. The highest BCUT2D eigenvalue weighted by atomic mass is 19.1. The Balaban J connectivity index is 1.87. The zero-order chi connectivity index (χ0) is 17.1. The Labute approximate surface area is 138 Å². The number of hydrogen-bond acceptors (Lipinski definition) is 4. The third-order valence-corrected chi connectivity index (χ3v) is 3.57. The van der Waals surface area contributed by atoms with Gasteiger partial charge in [-0.15, -0.1) is 0 Å². The maximum atomic E-state index is 12.9. The molecule has 3 heterocycles. The number of aromatic nitrogens is 4. The van der Waals surface area contributed by atoms with Gasteiger partial charge in [0.15, 0.2) is 0 Å². The van der Waals surface area contributed by atoms with Crippen LogP contribution >= 0.6 is 0 Å². The zero-order valence-corrected chi connectivity index (χ0v) is 13.3. The minimum Gasteiger partial charge on any atom is -0.305 e. The first-order valence-electron chi connectivity index (χ1n) is 7.49. The molecule has 0 aliphatic rings. The fraction of sp³-hybridized carbons (Fsp3) is 0.176. The van der Waals surface area contributed by atoms with Crippen LogP contribution < -0.4 is 5.32 Å². The van der Waals surface area contributed by atoms with E-state index in [1.54, 1.807) is 18.5 Å². The Hall–Kier alpha value is -3.09. The molecule has 0 aliphatic heterocycles. The van der Waals surface area contributed by atoms with Gasteiger partial charge in [0, 0.05) is 24.5 Å². The summed E-state index contributed by atoms with van der Waals surface area (Å²) in [6.07, 6.45) is 6.37. The van der Waals surface area contributed by atoms with E-state index in [0.717, 1.165) is 29.4 Å². The predicted octanol–water partition coefficient (Wildman–Crippen LogP) is 3.06. The number of halogens is 1. The lowest BCUT2D eigenvalue weighted by Crippen LogP contribution is -2.14. The van der Waals surface area contributed by atoms with Gasteiger partial charge in [-0.2, -0.15) is 5.10 Å². The minimum absolute atomic E-state index is 0.256. The SMILES string of the molecule is CCn1cc(-c2cc(C(=O)Nc3ccc(F)cn3)ncc2C)cn1. The van der Waals surface area contributed by atoms with Crippen molar-refractivity contribution < 1.29 is 9.18 Å². The maximum absolute atomic E-state index is 12.9. The fourth-order valence-corrected chi connectivity index (χ4v) is 2.26.